The van der Waals surface area contributed by atoms with Crippen LogP contribution in [-0.4, -0.2) is 48.8 Å². The predicted molar refractivity (Wildman–Crippen MR) is 72.5 cm³/mol. The van der Waals surface area contributed by atoms with E-state index in [1.807, 2.05) is 0 Å². The minimum absolute atomic E-state index is 0.0622. The third-order valence-corrected chi connectivity index (χ3v) is 5.17. The minimum atomic E-state index is -4.05. The maximum atomic E-state index is 12.5. The highest BCUT2D eigenvalue weighted by atomic mass is 79.9. The molecule has 1 saturated heterocycles. The molecule has 1 fully saturated rings. The average Bonchev–Trinajstić information content (AvgIpc) is 2.38. The maximum Gasteiger partial charge on any atom is 0.323 e. The van der Waals surface area contributed by atoms with Gasteiger partial charge in [-0.3, -0.25) is 9.59 Å². The molecule has 9 heteroatoms. The number of benzene rings is 1. The minimum Gasteiger partial charge on any atom is -0.480 e. The molecular formula is C11H11BrN2O5S. The Kier molecular flexibility index (Phi) is 4.11. The van der Waals surface area contributed by atoms with Gasteiger partial charge in [0.05, 0.1) is 11.4 Å². The highest BCUT2D eigenvalue weighted by molar-refractivity contribution is 9.10. The van der Waals surface area contributed by atoms with E-state index in [1.54, 1.807) is 6.07 Å². The number of aliphatic carboxylic acids is 1. The lowest BCUT2D eigenvalue weighted by molar-refractivity contribution is -0.143. The number of carbonyl (C=O) groups is 2. The molecule has 1 aromatic carbocycles. The third kappa shape index (κ3) is 2.84. The lowest BCUT2D eigenvalue weighted by Crippen LogP contribution is -2.59. The number of nitrogens with one attached hydrogen (secondary N) is 1. The third-order valence-electron chi connectivity index (χ3n) is 2.83. The van der Waals surface area contributed by atoms with Crippen LogP contribution in [0, 0.1) is 0 Å². The van der Waals surface area contributed by atoms with Gasteiger partial charge in [0, 0.05) is 11.0 Å². The Bertz CT molecular complexity index is 661. The predicted octanol–water partition coefficient (Wildman–Crippen LogP) is 0.0228. The number of carboxylic acid groups (broad SMARTS) is 1. The summed E-state index contributed by atoms with van der Waals surface area (Å²) in [4.78, 5) is 22.5. The van der Waals surface area contributed by atoms with E-state index in [9.17, 15) is 18.0 Å². The summed E-state index contributed by atoms with van der Waals surface area (Å²) in [5, 5.41) is 11.4. The first-order chi connectivity index (χ1) is 9.32. The molecule has 1 heterocycles. The van der Waals surface area contributed by atoms with Crippen molar-refractivity contribution in [1.29, 1.82) is 0 Å². The van der Waals surface area contributed by atoms with Crippen LogP contribution in [0.1, 0.15) is 0 Å². The number of piperazine rings is 1. The van der Waals surface area contributed by atoms with Crippen molar-refractivity contribution in [2.24, 2.45) is 0 Å². The summed E-state index contributed by atoms with van der Waals surface area (Å²) in [6, 6.07) is 4.58. The monoisotopic (exact) mass is 362 g/mol. The smallest absolute Gasteiger partial charge is 0.323 e. The van der Waals surface area contributed by atoms with Gasteiger partial charge in [-0.2, -0.15) is 4.31 Å². The molecule has 0 bridgehead atoms. The van der Waals surface area contributed by atoms with E-state index in [2.05, 4.69) is 21.2 Å². The summed E-state index contributed by atoms with van der Waals surface area (Å²) in [5.41, 5.74) is 0. The SMILES string of the molecule is O=C1CN(S(=O)(=O)c2cccc(Br)c2)C(C(=O)O)CN1. The van der Waals surface area contributed by atoms with Crippen molar-refractivity contribution in [3.63, 3.8) is 0 Å². The van der Waals surface area contributed by atoms with Gasteiger partial charge in [0.2, 0.25) is 15.9 Å². The van der Waals surface area contributed by atoms with Gasteiger partial charge in [-0.05, 0) is 18.2 Å². The quantitative estimate of drug-likeness (QED) is 0.788. The second-order valence-electron chi connectivity index (χ2n) is 4.17. The largest absolute Gasteiger partial charge is 0.480 e. The molecule has 1 aliphatic heterocycles. The van der Waals surface area contributed by atoms with Crippen LogP contribution in [0.15, 0.2) is 33.6 Å². The van der Waals surface area contributed by atoms with E-state index in [1.165, 1.54) is 18.2 Å². The number of carboxylic acids is 1. The van der Waals surface area contributed by atoms with Crippen molar-refractivity contribution in [3.05, 3.63) is 28.7 Å². The van der Waals surface area contributed by atoms with Gasteiger partial charge in [-0.15, -0.1) is 0 Å². The van der Waals surface area contributed by atoms with Gasteiger partial charge in [-0.25, -0.2) is 8.42 Å². The number of hydrogen-bond donors (Lipinski definition) is 2. The molecule has 0 spiro atoms. The van der Waals surface area contributed by atoms with Crippen LogP contribution in [0.3, 0.4) is 0 Å². The highest BCUT2D eigenvalue weighted by Gasteiger charge is 2.40. The Balaban J connectivity index is 2.44. The van der Waals surface area contributed by atoms with Crippen molar-refractivity contribution in [3.8, 4) is 0 Å². The molecule has 1 atom stereocenters. The first-order valence-corrected chi connectivity index (χ1v) is 7.82. The first kappa shape index (κ1) is 14.9. The number of rotatable bonds is 3. The molecule has 20 heavy (non-hydrogen) atoms. The fourth-order valence-corrected chi connectivity index (χ4v) is 3.98. The van der Waals surface area contributed by atoms with Crippen molar-refractivity contribution < 1.29 is 23.1 Å². The zero-order valence-electron chi connectivity index (χ0n) is 10.1. The van der Waals surface area contributed by atoms with E-state index in [-0.39, 0.29) is 11.4 Å². The summed E-state index contributed by atoms with van der Waals surface area (Å²) < 4.78 is 26.2. The molecule has 0 radical (unpaired) electrons. The number of hydrogen-bond acceptors (Lipinski definition) is 4. The fourth-order valence-electron chi connectivity index (χ4n) is 1.85. The van der Waals surface area contributed by atoms with Crippen LogP contribution < -0.4 is 5.32 Å². The topological polar surface area (TPSA) is 104 Å². The Morgan fingerprint density at radius 3 is 2.75 bits per heavy atom. The number of amides is 1. The number of sulfonamides is 1. The molecule has 2 rings (SSSR count). The molecule has 2 N–H and O–H groups in total. The molecular weight excluding hydrogens is 352 g/mol. The standard InChI is InChI=1S/C11H11BrN2O5S/c12-7-2-1-3-8(4-7)20(18,19)14-6-10(15)13-5-9(14)11(16)17/h1-4,9H,5-6H2,(H,13,15)(H,16,17). The van der Waals surface area contributed by atoms with Gasteiger partial charge in [0.15, 0.2) is 0 Å². The number of halogens is 1. The Hall–Kier alpha value is -1.45. The summed E-state index contributed by atoms with van der Waals surface area (Å²) in [7, 11) is -4.05. The zero-order chi connectivity index (χ0) is 14.9. The molecule has 1 aromatic rings. The van der Waals surface area contributed by atoms with Gasteiger partial charge >= 0.3 is 5.97 Å². The lowest BCUT2D eigenvalue weighted by Gasteiger charge is -2.31. The first-order valence-electron chi connectivity index (χ1n) is 5.59. The van der Waals surface area contributed by atoms with Gasteiger partial charge in [-0.1, -0.05) is 22.0 Å². The summed E-state index contributed by atoms with van der Waals surface area (Å²) in [6.45, 7) is -0.757. The fraction of sp³-hybridized carbons (Fsp3) is 0.273. The molecule has 108 valence electrons. The van der Waals surface area contributed by atoms with Gasteiger partial charge in [0.1, 0.15) is 6.04 Å². The molecule has 0 aliphatic carbocycles. The molecule has 1 aliphatic rings. The lowest BCUT2D eigenvalue weighted by atomic mass is 10.2. The van der Waals surface area contributed by atoms with Crippen molar-refractivity contribution >= 4 is 37.8 Å². The maximum absolute atomic E-state index is 12.5. The zero-order valence-corrected chi connectivity index (χ0v) is 12.5. The van der Waals surface area contributed by atoms with Crippen LogP contribution in [0.5, 0.6) is 0 Å². The Morgan fingerprint density at radius 2 is 2.15 bits per heavy atom. The second kappa shape index (κ2) is 5.51. The van der Waals surface area contributed by atoms with E-state index in [0.717, 1.165) is 0 Å². The summed E-state index contributed by atoms with van der Waals surface area (Å²) in [5.74, 6) is -1.83. The van der Waals surface area contributed by atoms with E-state index in [4.69, 9.17) is 5.11 Å². The van der Waals surface area contributed by atoms with E-state index < -0.39 is 34.5 Å². The van der Waals surface area contributed by atoms with E-state index in [0.29, 0.717) is 8.78 Å². The molecule has 1 unspecified atom stereocenters. The number of carbonyl (C=O) groups excluding carboxylic acids is 1. The second-order valence-corrected chi connectivity index (χ2v) is 6.97. The Morgan fingerprint density at radius 1 is 1.45 bits per heavy atom. The summed E-state index contributed by atoms with van der Waals surface area (Å²) >= 11 is 3.16. The van der Waals surface area contributed by atoms with Gasteiger partial charge < -0.3 is 10.4 Å². The van der Waals surface area contributed by atoms with Crippen LogP contribution in [0.2, 0.25) is 0 Å². The van der Waals surface area contributed by atoms with Crippen LogP contribution in [0.25, 0.3) is 0 Å². The molecule has 0 aromatic heterocycles. The van der Waals surface area contributed by atoms with Crippen molar-refractivity contribution in [2.75, 3.05) is 13.1 Å². The highest BCUT2D eigenvalue weighted by Crippen LogP contribution is 2.22. The van der Waals surface area contributed by atoms with Crippen molar-refractivity contribution in [2.45, 2.75) is 10.9 Å². The molecule has 0 saturated carbocycles. The van der Waals surface area contributed by atoms with Crippen LogP contribution >= 0.6 is 15.9 Å². The Labute approximate surface area is 123 Å². The number of nitrogens with zero attached hydrogens (tertiary/aromatic N) is 1. The summed E-state index contributed by atoms with van der Waals surface area (Å²) in [6.07, 6.45) is 0. The molecule has 1 amide bonds. The average molecular weight is 363 g/mol. The van der Waals surface area contributed by atoms with Crippen LogP contribution in [0.4, 0.5) is 0 Å². The molecule has 7 nitrogen and oxygen atoms in total. The normalized spacial score (nSPS) is 20.4. The van der Waals surface area contributed by atoms with Crippen molar-refractivity contribution in [1.82, 2.24) is 9.62 Å². The van der Waals surface area contributed by atoms with Gasteiger partial charge in [0.25, 0.3) is 0 Å². The van der Waals surface area contributed by atoms with E-state index >= 15 is 0 Å². The van der Waals surface area contributed by atoms with Crippen LogP contribution in [-0.2, 0) is 19.6 Å².